The molecule has 0 radical (unpaired) electrons. The fourth-order valence-electron chi connectivity index (χ4n) is 5.67. The second-order valence-corrected chi connectivity index (χ2v) is 11.3. The third-order valence-electron chi connectivity index (χ3n) is 7.43. The number of ether oxygens (including phenoxy) is 1. The molecule has 2 aliphatic rings. The Labute approximate surface area is 235 Å². The molecule has 1 spiro atoms. The maximum Gasteiger partial charge on any atom is 0.401 e. The van der Waals surface area contributed by atoms with Crippen molar-refractivity contribution in [3.8, 4) is 28.4 Å². The lowest BCUT2D eigenvalue weighted by atomic mass is 9.72. The Morgan fingerprint density at radius 3 is 2.45 bits per heavy atom. The van der Waals surface area contributed by atoms with Crippen molar-refractivity contribution in [2.24, 2.45) is 5.41 Å². The zero-order valence-electron chi connectivity index (χ0n) is 22.9. The summed E-state index contributed by atoms with van der Waals surface area (Å²) in [6.45, 7) is 8.29. The van der Waals surface area contributed by atoms with Gasteiger partial charge in [-0.2, -0.15) is 13.2 Å². The number of aromatic nitrogens is 3. The van der Waals surface area contributed by atoms with Gasteiger partial charge in [-0.15, -0.1) is 0 Å². The Hall–Kier alpha value is -2.93. The number of hydrogen-bond acceptors (Lipinski definition) is 9. The molecule has 40 heavy (non-hydrogen) atoms. The lowest BCUT2D eigenvalue weighted by Crippen LogP contribution is -2.73. The van der Waals surface area contributed by atoms with E-state index in [2.05, 4.69) is 15.4 Å². The zero-order valence-corrected chi connectivity index (χ0v) is 23.7. The number of alkyl halides is 3. The Bertz CT molecular complexity index is 1380. The summed E-state index contributed by atoms with van der Waals surface area (Å²) in [6.07, 6.45) is -5.61. The van der Waals surface area contributed by atoms with Gasteiger partial charge in [-0.3, -0.25) is 10.2 Å². The maximum atomic E-state index is 12.8. The summed E-state index contributed by atoms with van der Waals surface area (Å²) in [6, 6.07) is 5.10. The van der Waals surface area contributed by atoms with Crippen molar-refractivity contribution >= 4 is 17.4 Å². The van der Waals surface area contributed by atoms with E-state index in [4.69, 9.17) is 30.8 Å². The highest BCUT2D eigenvalue weighted by atomic mass is 35.5. The average Bonchev–Trinajstić information content (AvgIpc) is 3.16. The van der Waals surface area contributed by atoms with Crippen molar-refractivity contribution < 1.29 is 27.5 Å². The number of aryl methyl sites for hydroxylation is 2. The van der Waals surface area contributed by atoms with Gasteiger partial charge >= 0.3 is 6.18 Å². The predicted molar refractivity (Wildman–Crippen MR) is 144 cm³/mol. The molecule has 2 N–H and O–H groups in total. The number of nitrogens with zero attached hydrogens (tertiary/aromatic N) is 5. The van der Waals surface area contributed by atoms with Gasteiger partial charge in [0.15, 0.2) is 12.1 Å². The van der Waals surface area contributed by atoms with Gasteiger partial charge in [-0.1, -0.05) is 16.8 Å². The molecular formula is C27H32ClF3N6O3. The van der Waals surface area contributed by atoms with E-state index >= 15 is 0 Å². The van der Waals surface area contributed by atoms with Crippen LogP contribution in [0.3, 0.4) is 0 Å². The standard InChI is InChI=1S/C27H32ClF3N6O3/c1-14-22(21-15(2)35-40-17(21)4)33-23(19-8-18(6-7-20(19)28)39-25(32-5)16(3)38)34-24(14)37-11-26(12-37)9-36(10-26)13-27(29,30)31/h6-8,16,25,32,38H,9-13H2,1-5H3. The van der Waals surface area contributed by atoms with Gasteiger partial charge in [0, 0.05) is 42.7 Å². The molecule has 4 heterocycles. The minimum Gasteiger partial charge on any atom is -0.473 e. The van der Waals surface area contributed by atoms with Gasteiger partial charge in [0.2, 0.25) is 0 Å². The van der Waals surface area contributed by atoms with Gasteiger partial charge in [0.1, 0.15) is 23.4 Å². The highest BCUT2D eigenvalue weighted by Crippen LogP contribution is 2.45. The van der Waals surface area contributed by atoms with Gasteiger partial charge in [-0.05, 0) is 52.9 Å². The van der Waals surface area contributed by atoms with E-state index in [-0.39, 0.29) is 5.41 Å². The van der Waals surface area contributed by atoms with Crippen molar-refractivity contribution in [1.29, 1.82) is 0 Å². The number of anilines is 1. The number of nitrogens with one attached hydrogen (secondary N) is 1. The predicted octanol–water partition coefficient (Wildman–Crippen LogP) is 4.37. The van der Waals surface area contributed by atoms with Crippen molar-refractivity contribution in [2.45, 2.75) is 46.2 Å². The molecule has 2 unspecified atom stereocenters. The van der Waals surface area contributed by atoms with Crippen LogP contribution >= 0.6 is 11.6 Å². The van der Waals surface area contributed by atoms with Gasteiger partial charge < -0.3 is 19.3 Å². The molecule has 2 aromatic heterocycles. The van der Waals surface area contributed by atoms with Gasteiger partial charge in [0.25, 0.3) is 0 Å². The molecule has 0 bridgehead atoms. The minimum atomic E-state index is -4.20. The number of likely N-dealkylation sites (tertiary alicyclic amines) is 1. The topological polar surface area (TPSA) is 99.8 Å². The van der Waals surface area contributed by atoms with Crippen LogP contribution in [0.15, 0.2) is 22.7 Å². The first kappa shape index (κ1) is 28.6. The number of aliphatic hydroxyl groups excluding tert-OH is 1. The van der Waals surface area contributed by atoms with Crippen LogP contribution in [0, 0.1) is 26.2 Å². The molecule has 2 fully saturated rings. The third kappa shape index (κ3) is 5.50. The fourth-order valence-corrected chi connectivity index (χ4v) is 5.87. The van der Waals surface area contributed by atoms with E-state index in [0.29, 0.717) is 71.3 Å². The van der Waals surface area contributed by atoms with Gasteiger partial charge in [0.05, 0.1) is 28.5 Å². The Morgan fingerprint density at radius 2 is 1.88 bits per heavy atom. The minimum absolute atomic E-state index is 0.180. The van der Waals surface area contributed by atoms with E-state index in [1.807, 2.05) is 20.8 Å². The van der Waals surface area contributed by atoms with E-state index in [1.54, 1.807) is 32.2 Å². The lowest BCUT2D eigenvalue weighted by Gasteiger charge is -2.61. The van der Waals surface area contributed by atoms with Crippen LogP contribution in [0.2, 0.25) is 5.02 Å². The molecule has 13 heteroatoms. The van der Waals surface area contributed by atoms with Crippen LogP contribution in [-0.2, 0) is 0 Å². The van der Waals surface area contributed by atoms with E-state index in [1.165, 1.54) is 4.90 Å². The average molecular weight is 581 g/mol. The molecule has 2 aliphatic heterocycles. The third-order valence-corrected chi connectivity index (χ3v) is 7.76. The maximum absolute atomic E-state index is 12.8. The fraction of sp³-hybridized carbons (Fsp3) is 0.519. The second-order valence-electron chi connectivity index (χ2n) is 10.9. The molecule has 216 valence electrons. The SMILES string of the molecule is CNC(Oc1ccc(Cl)c(-c2nc(-c3c(C)noc3C)c(C)c(N3CC4(CN(CC(F)(F)F)C4)C3)n2)c1)C(C)O. The first-order valence-electron chi connectivity index (χ1n) is 13.0. The van der Waals surface area contributed by atoms with Crippen LogP contribution in [0.1, 0.15) is 23.9 Å². The highest BCUT2D eigenvalue weighted by Gasteiger charge is 2.54. The molecule has 5 rings (SSSR count). The van der Waals surface area contributed by atoms with Crippen LogP contribution < -0.4 is 15.0 Å². The number of aliphatic hydroxyl groups is 1. The summed E-state index contributed by atoms with van der Waals surface area (Å²) in [5.74, 6) is 2.11. The first-order valence-corrected chi connectivity index (χ1v) is 13.3. The molecule has 9 nitrogen and oxygen atoms in total. The lowest BCUT2D eigenvalue weighted by molar-refractivity contribution is -0.172. The molecule has 0 aliphatic carbocycles. The van der Waals surface area contributed by atoms with Crippen molar-refractivity contribution in [3.63, 3.8) is 0 Å². The molecule has 1 aromatic carbocycles. The number of halogens is 4. The van der Waals surface area contributed by atoms with Crippen LogP contribution in [-0.4, -0.2) is 83.4 Å². The normalized spacial score (nSPS) is 18.4. The van der Waals surface area contributed by atoms with Crippen LogP contribution in [0.4, 0.5) is 19.0 Å². The highest BCUT2D eigenvalue weighted by molar-refractivity contribution is 6.33. The molecule has 2 atom stereocenters. The summed E-state index contributed by atoms with van der Waals surface area (Å²) in [5, 5.41) is 17.4. The number of benzene rings is 1. The largest absolute Gasteiger partial charge is 0.473 e. The van der Waals surface area contributed by atoms with Crippen molar-refractivity contribution in [3.05, 3.63) is 40.2 Å². The van der Waals surface area contributed by atoms with Crippen molar-refractivity contribution in [2.75, 3.05) is 44.7 Å². The number of rotatable bonds is 8. The quantitative estimate of drug-likeness (QED) is 0.376. The van der Waals surface area contributed by atoms with Gasteiger partial charge in [-0.25, -0.2) is 9.97 Å². The monoisotopic (exact) mass is 580 g/mol. The summed E-state index contributed by atoms with van der Waals surface area (Å²) in [5.41, 5.74) is 3.24. The second kappa shape index (κ2) is 10.5. The Balaban J connectivity index is 1.50. The van der Waals surface area contributed by atoms with Crippen LogP contribution in [0.25, 0.3) is 22.6 Å². The zero-order chi connectivity index (χ0) is 29.0. The molecule has 0 saturated carbocycles. The Kier molecular flexibility index (Phi) is 7.49. The summed E-state index contributed by atoms with van der Waals surface area (Å²) >= 11 is 6.63. The summed E-state index contributed by atoms with van der Waals surface area (Å²) in [4.78, 5) is 13.3. The van der Waals surface area contributed by atoms with E-state index in [0.717, 1.165) is 11.1 Å². The van der Waals surface area contributed by atoms with Crippen LogP contribution in [0.5, 0.6) is 5.75 Å². The van der Waals surface area contributed by atoms with E-state index in [9.17, 15) is 18.3 Å². The van der Waals surface area contributed by atoms with E-state index < -0.39 is 25.1 Å². The summed E-state index contributed by atoms with van der Waals surface area (Å²) < 4.78 is 49.8. The summed E-state index contributed by atoms with van der Waals surface area (Å²) in [7, 11) is 1.68. The molecule has 2 saturated heterocycles. The smallest absolute Gasteiger partial charge is 0.401 e. The molecular weight excluding hydrogens is 549 g/mol. The van der Waals surface area contributed by atoms with Crippen molar-refractivity contribution in [1.82, 2.24) is 25.3 Å². The Morgan fingerprint density at radius 1 is 1.18 bits per heavy atom. The molecule has 3 aromatic rings. The number of likely N-dealkylation sites (N-methyl/N-ethyl adjacent to an activating group) is 1. The number of hydrogen-bond donors (Lipinski definition) is 2. The molecule has 0 amide bonds. The first-order chi connectivity index (χ1) is 18.8.